The summed E-state index contributed by atoms with van der Waals surface area (Å²) in [6.45, 7) is 10.2. The molecular formula is C56H68N8O9S. The highest BCUT2D eigenvalue weighted by Gasteiger charge is 2.50. The van der Waals surface area contributed by atoms with E-state index in [-0.39, 0.29) is 47.0 Å². The first-order valence-corrected chi connectivity index (χ1v) is 28.4. The highest BCUT2D eigenvalue weighted by Crippen LogP contribution is 2.55. The molecule has 3 aromatic carbocycles. The molecular weight excluding hydrogens is 961 g/mol. The minimum atomic E-state index is -4.71. The minimum Gasteiger partial charge on any atom is -0.489 e. The zero-order chi connectivity index (χ0) is 51.1. The lowest BCUT2D eigenvalue weighted by Gasteiger charge is -2.57. The number of pyridine rings is 1. The van der Waals surface area contributed by atoms with Gasteiger partial charge in [-0.25, -0.2) is 13.1 Å². The largest absolute Gasteiger partial charge is 0.489 e. The predicted octanol–water partition coefficient (Wildman–Crippen LogP) is 9.49. The number of carbonyl (C=O) groups is 1. The maximum absolute atomic E-state index is 14.9. The van der Waals surface area contributed by atoms with Gasteiger partial charge in [-0.1, -0.05) is 44.5 Å². The molecule has 18 heteroatoms. The number of piperidine rings is 2. The van der Waals surface area contributed by atoms with Crippen molar-refractivity contribution >= 4 is 55.4 Å². The van der Waals surface area contributed by atoms with Gasteiger partial charge < -0.3 is 39.4 Å². The molecule has 0 radical (unpaired) electrons. The predicted molar refractivity (Wildman–Crippen MR) is 282 cm³/mol. The molecule has 5 aromatic rings. The Labute approximate surface area is 432 Å². The second-order valence-corrected chi connectivity index (χ2v) is 24.6. The maximum Gasteiger partial charge on any atom is 0.297 e. The first kappa shape index (κ1) is 49.0. The van der Waals surface area contributed by atoms with Gasteiger partial charge in [-0.2, -0.15) is 4.98 Å². The molecule has 5 aliphatic heterocycles. The SMILES string of the molecule is CC(C)c1ccccc1[C@H]1CCCCN1C1CC2(CCN(c3ccc(C(=O)NS(=O)(=O)c4cc5c(c([N+](=O)[O-])c4)N[C@@H](C4CCC(C)(O)CC4)CO5)c(N4c5cc6cc[nH]c6nc5O[C@H]5COCC[C@@H]54)c3)CC2)C1. The van der Waals surface area contributed by atoms with E-state index in [0.29, 0.717) is 86.2 Å². The quantitative estimate of drug-likeness (QED) is 0.0760. The van der Waals surface area contributed by atoms with Crippen molar-refractivity contribution < 1.29 is 37.5 Å². The van der Waals surface area contributed by atoms with Crippen LogP contribution in [-0.4, -0.2) is 109 Å². The van der Waals surface area contributed by atoms with Crippen LogP contribution in [0.5, 0.6) is 11.6 Å². The number of nitro benzene ring substituents is 1. The molecule has 1 amide bonds. The Balaban J connectivity index is 0.831. The molecule has 2 saturated carbocycles. The second-order valence-electron chi connectivity index (χ2n) is 22.9. The lowest BCUT2D eigenvalue weighted by atomic mass is 9.59. The molecule has 7 aliphatic rings. The number of H-pyrrole nitrogens is 1. The first-order valence-electron chi connectivity index (χ1n) is 26.9. The Morgan fingerprint density at radius 2 is 1.74 bits per heavy atom. The summed E-state index contributed by atoms with van der Waals surface area (Å²) in [6.07, 6.45) is 12.8. The van der Waals surface area contributed by atoms with E-state index in [0.717, 1.165) is 49.6 Å². The molecule has 74 heavy (non-hydrogen) atoms. The summed E-state index contributed by atoms with van der Waals surface area (Å²) in [5.41, 5.74) is 4.92. The maximum atomic E-state index is 14.9. The molecule has 5 fully saturated rings. The number of anilines is 4. The number of amides is 1. The number of nitro groups is 1. The fraction of sp³-hybridized carbons (Fsp3) is 0.536. The van der Waals surface area contributed by atoms with Crippen LogP contribution in [0.4, 0.5) is 28.4 Å². The lowest BCUT2D eigenvalue weighted by Crippen LogP contribution is -2.56. The molecule has 0 bridgehead atoms. The second kappa shape index (κ2) is 19.0. The van der Waals surface area contributed by atoms with Crippen LogP contribution in [0.25, 0.3) is 11.0 Å². The van der Waals surface area contributed by atoms with Gasteiger partial charge in [-0.15, -0.1) is 0 Å². The summed E-state index contributed by atoms with van der Waals surface area (Å²) in [7, 11) is -4.71. The van der Waals surface area contributed by atoms with Crippen molar-refractivity contribution in [1.82, 2.24) is 19.6 Å². The fourth-order valence-electron chi connectivity index (χ4n) is 13.6. The van der Waals surface area contributed by atoms with Crippen LogP contribution in [0.1, 0.15) is 131 Å². The van der Waals surface area contributed by atoms with Gasteiger partial charge in [0.1, 0.15) is 24.0 Å². The third-order valence-corrected chi connectivity index (χ3v) is 19.1. The third-order valence-electron chi connectivity index (χ3n) is 17.8. The highest BCUT2D eigenvalue weighted by atomic mass is 32.2. The Bertz CT molecular complexity index is 3080. The van der Waals surface area contributed by atoms with E-state index in [1.165, 1.54) is 49.3 Å². The van der Waals surface area contributed by atoms with E-state index < -0.39 is 43.1 Å². The van der Waals surface area contributed by atoms with E-state index in [1.807, 2.05) is 37.4 Å². The summed E-state index contributed by atoms with van der Waals surface area (Å²) in [5, 5.41) is 27.3. The van der Waals surface area contributed by atoms with Gasteiger partial charge in [0.05, 0.1) is 45.4 Å². The lowest BCUT2D eigenvalue weighted by molar-refractivity contribution is -0.384. The monoisotopic (exact) mass is 1030 g/mol. The summed E-state index contributed by atoms with van der Waals surface area (Å²) in [6, 6.07) is 21.3. The number of hydrogen-bond donors (Lipinski definition) is 4. The smallest absolute Gasteiger partial charge is 0.297 e. The van der Waals surface area contributed by atoms with Crippen molar-refractivity contribution in [3.63, 3.8) is 0 Å². The summed E-state index contributed by atoms with van der Waals surface area (Å²) >= 11 is 0. The molecule has 12 rings (SSSR count). The molecule has 17 nitrogen and oxygen atoms in total. The number of aliphatic hydroxyl groups is 1. The Hall–Kier alpha value is -5.95. The number of aromatic amines is 1. The summed E-state index contributed by atoms with van der Waals surface area (Å²) < 4.78 is 49.7. The van der Waals surface area contributed by atoms with Crippen molar-refractivity contribution in [2.75, 3.05) is 54.6 Å². The molecule has 392 valence electrons. The van der Waals surface area contributed by atoms with Crippen molar-refractivity contribution in [1.29, 1.82) is 0 Å². The molecule has 0 unspecified atom stereocenters. The zero-order valence-corrected chi connectivity index (χ0v) is 43.4. The van der Waals surface area contributed by atoms with Crippen LogP contribution in [0.2, 0.25) is 0 Å². The summed E-state index contributed by atoms with van der Waals surface area (Å²) in [5.74, 6) is 0.0702. The number of ether oxygens (including phenoxy) is 3. The van der Waals surface area contributed by atoms with Crippen LogP contribution in [-0.2, 0) is 14.8 Å². The van der Waals surface area contributed by atoms with Crippen LogP contribution < -0.4 is 29.3 Å². The van der Waals surface area contributed by atoms with E-state index in [4.69, 9.17) is 19.2 Å². The Morgan fingerprint density at radius 3 is 2.53 bits per heavy atom. The summed E-state index contributed by atoms with van der Waals surface area (Å²) in [4.78, 5) is 41.7. The van der Waals surface area contributed by atoms with Crippen molar-refractivity contribution in [3.8, 4) is 11.6 Å². The van der Waals surface area contributed by atoms with Gasteiger partial charge in [0, 0.05) is 61.2 Å². The molecule has 2 aliphatic carbocycles. The average molecular weight is 1030 g/mol. The normalized spacial score (nSPS) is 27.0. The van der Waals surface area contributed by atoms with Crippen molar-refractivity contribution in [2.24, 2.45) is 11.3 Å². The van der Waals surface area contributed by atoms with Crippen LogP contribution >= 0.6 is 0 Å². The number of aromatic nitrogens is 2. The first-order chi connectivity index (χ1) is 35.6. The number of rotatable bonds is 10. The van der Waals surface area contributed by atoms with Gasteiger partial charge in [0.2, 0.25) is 5.88 Å². The average Bonchev–Trinajstić information content (AvgIpc) is 3.86. The van der Waals surface area contributed by atoms with Crippen LogP contribution in [0.3, 0.4) is 0 Å². The fourth-order valence-corrected chi connectivity index (χ4v) is 14.6. The number of nitrogens with zero attached hydrogens (tertiary/aromatic N) is 5. The Morgan fingerprint density at radius 1 is 0.946 bits per heavy atom. The molecule has 3 saturated heterocycles. The Kier molecular flexibility index (Phi) is 12.6. The van der Waals surface area contributed by atoms with Crippen LogP contribution in [0.15, 0.2) is 77.8 Å². The van der Waals surface area contributed by atoms with Crippen molar-refractivity contribution in [2.45, 2.75) is 145 Å². The van der Waals surface area contributed by atoms with Gasteiger partial charge in [-0.05, 0) is 143 Å². The van der Waals surface area contributed by atoms with Gasteiger partial charge in [-0.3, -0.25) is 19.8 Å². The number of nitrogens with one attached hydrogen (secondary N) is 3. The molecule has 4 N–H and O–H groups in total. The molecule has 1 spiro atoms. The van der Waals surface area contributed by atoms with Crippen LogP contribution in [0, 0.1) is 21.4 Å². The van der Waals surface area contributed by atoms with Gasteiger partial charge in [0.15, 0.2) is 11.4 Å². The van der Waals surface area contributed by atoms with E-state index in [1.54, 1.807) is 6.07 Å². The topological polar surface area (TPSA) is 205 Å². The molecule has 7 heterocycles. The third kappa shape index (κ3) is 9.02. The van der Waals surface area contributed by atoms with Crippen molar-refractivity contribution in [3.05, 3.63) is 99.7 Å². The minimum absolute atomic E-state index is 0.0130. The standard InChI is InChI=1S/C56H68N8O9S/c1-34(2)40-8-4-5-9-41(40)44-10-6-7-22-62(44)38-30-56(31-38)19-23-61(24-20-56)37-11-12-42(46(27-37)63-45-16-25-71-33-50(45)73-54-48(63)26-36-15-21-57-52(36)59-54)53(65)60-74(69,70)39-28-47(64(67)68)51-49(29-39)72-32-43(58-51)35-13-17-55(3,66)18-14-35/h4-5,8-9,11-12,15,21,26-29,34-35,38,43-45,50,58,66H,6-7,10,13-14,16-20,22-25,30-33H2,1-3H3,(H,57,59)(H,60,65)/t35?,43-,44-,45+,50+,55?/m1/s1. The highest BCUT2D eigenvalue weighted by molar-refractivity contribution is 7.90. The zero-order valence-electron chi connectivity index (χ0n) is 42.6. The molecule has 2 aromatic heterocycles. The number of sulfonamides is 1. The molecule has 4 atom stereocenters. The number of carbonyl (C=O) groups excluding carboxylic acids is 1. The number of benzene rings is 3. The van der Waals surface area contributed by atoms with Gasteiger partial charge in [0.25, 0.3) is 21.6 Å². The van der Waals surface area contributed by atoms with Gasteiger partial charge >= 0.3 is 0 Å². The number of fused-ring (bicyclic) bond motifs is 4. The van der Waals surface area contributed by atoms with E-state index in [2.05, 4.69) is 67.8 Å². The number of hydrogen-bond acceptors (Lipinski definition) is 14. The number of likely N-dealkylation sites (tertiary alicyclic amines) is 1. The van der Waals surface area contributed by atoms with E-state index >= 15 is 0 Å². The van der Waals surface area contributed by atoms with E-state index in [9.17, 15) is 28.4 Å².